The largest absolute Gasteiger partial charge is 0.573 e. The quantitative estimate of drug-likeness (QED) is 0.591. The van der Waals surface area contributed by atoms with E-state index < -0.39 is 6.36 Å². The molecule has 2 rings (SSSR count). The van der Waals surface area contributed by atoms with Gasteiger partial charge in [0.2, 0.25) is 0 Å². The van der Waals surface area contributed by atoms with Gasteiger partial charge in [-0.2, -0.15) is 0 Å². The summed E-state index contributed by atoms with van der Waals surface area (Å²) in [7, 11) is 3.00. The third-order valence-corrected chi connectivity index (χ3v) is 4.25. The van der Waals surface area contributed by atoms with Crippen molar-refractivity contribution in [2.45, 2.75) is 26.3 Å². The summed E-state index contributed by atoms with van der Waals surface area (Å²) in [5, 5.41) is 3.28. The molecule has 0 spiro atoms. The molecule has 27 heavy (non-hydrogen) atoms. The molecule has 0 aliphatic carbocycles. The number of benzene rings is 1. The van der Waals surface area contributed by atoms with Crippen molar-refractivity contribution < 1.29 is 27.4 Å². The Morgan fingerprint density at radius 1 is 1.22 bits per heavy atom. The fourth-order valence-corrected chi connectivity index (χ4v) is 2.99. The number of aryl methyl sites for hydroxylation is 1. The molecule has 1 aromatic heterocycles. The maximum absolute atomic E-state index is 12.4. The Morgan fingerprint density at radius 2 is 1.93 bits per heavy atom. The summed E-state index contributed by atoms with van der Waals surface area (Å²) in [5.41, 5.74) is 2.76. The Balaban J connectivity index is 2.38. The molecule has 1 unspecified atom stereocenters. The number of hydrogen-bond acceptors (Lipinski definition) is 5. The van der Waals surface area contributed by atoms with Crippen molar-refractivity contribution in [1.29, 1.82) is 0 Å². The molecular formula is C18H20BrF3N2O3. The van der Waals surface area contributed by atoms with Gasteiger partial charge in [0.25, 0.3) is 0 Å². The molecule has 2 aromatic rings. The van der Waals surface area contributed by atoms with E-state index in [1.165, 1.54) is 25.3 Å². The average molecular weight is 449 g/mol. The van der Waals surface area contributed by atoms with E-state index in [0.717, 1.165) is 11.3 Å². The van der Waals surface area contributed by atoms with Gasteiger partial charge in [0.05, 0.1) is 25.1 Å². The van der Waals surface area contributed by atoms with Crippen LogP contribution < -0.4 is 14.8 Å². The van der Waals surface area contributed by atoms with E-state index in [0.29, 0.717) is 22.5 Å². The number of methoxy groups -OCH3 is 2. The average Bonchev–Trinajstić information content (AvgIpc) is 2.56. The van der Waals surface area contributed by atoms with Crippen molar-refractivity contribution in [3.05, 3.63) is 34.4 Å². The maximum atomic E-state index is 12.4. The minimum atomic E-state index is -4.77. The normalized spacial score (nSPS) is 12.6. The van der Waals surface area contributed by atoms with Crippen LogP contribution in [0.3, 0.4) is 0 Å². The number of aromatic nitrogens is 1. The zero-order chi connectivity index (χ0) is 20.2. The predicted molar refractivity (Wildman–Crippen MR) is 100 cm³/mol. The van der Waals surface area contributed by atoms with Crippen LogP contribution in [0.15, 0.2) is 28.9 Å². The minimum absolute atomic E-state index is 0.0756. The Kier molecular flexibility index (Phi) is 6.94. The number of alkyl halides is 3. The lowest BCUT2D eigenvalue weighted by Crippen LogP contribution is -2.21. The number of nitrogens with one attached hydrogen (secondary N) is 1. The number of ether oxygens (including phenoxy) is 3. The van der Waals surface area contributed by atoms with Crippen molar-refractivity contribution in [1.82, 2.24) is 4.98 Å². The fraction of sp³-hybridized carbons (Fsp3) is 0.389. The topological polar surface area (TPSA) is 52.6 Å². The van der Waals surface area contributed by atoms with E-state index in [1.807, 2.05) is 19.9 Å². The number of anilines is 1. The van der Waals surface area contributed by atoms with Gasteiger partial charge in [0, 0.05) is 24.8 Å². The first kappa shape index (κ1) is 21.3. The molecule has 0 bridgehead atoms. The molecule has 0 aliphatic rings. The monoisotopic (exact) mass is 448 g/mol. The van der Waals surface area contributed by atoms with Gasteiger partial charge < -0.3 is 19.5 Å². The van der Waals surface area contributed by atoms with Gasteiger partial charge in [0.1, 0.15) is 16.1 Å². The van der Waals surface area contributed by atoms with Crippen LogP contribution in [0.4, 0.5) is 18.9 Å². The summed E-state index contributed by atoms with van der Waals surface area (Å²) >= 11 is 3.43. The first-order valence-corrected chi connectivity index (χ1v) is 8.80. The second-order valence-electron chi connectivity index (χ2n) is 5.90. The summed E-state index contributed by atoms with van der Waals surface area (Å²) in [6.45, 7) is 4.36. The second kappa shape index (κ2) is 8.79. The van der Waals surface area contributed by atoms with E-state index in [9.17, 15) is 13.2 Å². The van der Waals surface area contributed by atoms with E-state index >= 15 is 0 Å². The van der Waals surface area contributed by atoms with Gasteiger partial charge in [0.15, 0.2) is 0 Å². The fourth-order valence-electron chi connectivity index (χ4n) is 2.59. The SMILES string of the molecule is COCC(C)Nc1cc(C)c(-c2ccc(OC(F)(F)F)cc2OC)nc1Br. The van der Waals surface area contributed by atoms with Crippen LogP contribution in [0.5, 0.6) is 11.5 Å². The van der Waals surface area contributed by atoms with Crippen molar-refractivity contribution in [2.75, 3.05) is 26.1 Å². The van der Waals surface area contributed by atoms with Gasteiger partial charge in [-0.15, -0.1) is 13.2 Å². The molecule has 0 aliphatic heterocycles. The summed E-state index contributed by atoms with van der Waals surface area (Å²) in [6, 6.07) is 5.88. The molecular weight excluding hydrogens is 429 g/mol. The van der Waals surface area contributed by atoms with Gasteiger partial charge >= 0.3 is 6.36 Å². The van der Waals surface area contributed by atoms with Crippen molar-refractivity contribution >= 4 is 21.6 Å². The van der Waals surface area contributed by atoms with Crippen molar-refractivity contribution in [3.8, 4) is 22.8 Å². The molecule has 0 saturated carbocycles. The van der Waals surface area contributed by atoms with Gasteiger partial charge in [-0.05, 0) is 53.5 Å². The van der Waals surface area contributed by atoms with Gasteiger partial charge in [-0.1, -0.05) is 0 Å². The molecule has 0 saturated heterocycles. The van der Waals surface area contributed by atoms with Crippen molar-refractivity contribution in [3.63, 3.8) is 0 Å². The molecule has 0 radical (unpaired) electrons. The molecule has 1 aromatic carbocycles. The second-order valence-corrected chi connectivity index (χ2v) is 6.65. The Bertz CT molecular complexity index is 800. The molecule has 1 N–H and O–H groups in total. The third kappa shape index (κ3) is 5.74. The molecule has 1 atom stereocenters. The lowest BCUT2D eigenvalue weighted by molar-refractivity contribution is -0.274. The summed E-state index contributed by atoms with van der Waals surface area (Å²) < 4.78 is 52.1. The Hall–Kier alpha value is -2.00. The number of rotatable bonds is 7. The highest BCUT2D eigenvalue weighted by Crippen LogP contribution is 2.37. The summed E-state index contributed by atoms with van der Waals surface area (Å²) in [4.78, 5) is 4.54. The zero-order valence-electron chi connectivity index (χ0n) is 15.3. The molecule has 9 heteroatoms. The summed E-state index contributed by atoms with van der Waals surface area (Å²) in [5.74, 6) is -0.126. The van der Waals surface area contributed by atoms with Crippen LogP contribution in [0.1, 0.15) is 12.5 Å². The number of nitrogens with zero attached hydrogens (tertiary/aromatic N) is 1. The standard InChI is InChI=1S/C18H20BrF3N2O3/c1-10-7-14(23-11(2)9-25-3)17(19)24-16(10)13-6-5-12(8-15(13)26-4)27-18(20,21)22/h5-8,11,23H,9H2,1-4H3. The van der Waals surface area contributed by atoms with E-state index in [2.05, 4.69) is 31.0 Å². The van der Waals surface area contributed by atoms with Crippen LogP contribution in [0, 0.1) is 6.92 Å². The van der Waals surface area contributed by atoms with E-state index in [-0.39, 0.29) is 17.5 Å². The Morgan fingerprint density at radius 3 is 2.52 bits per heavy atom. The molecule has 0 fully saturated rings. The highest BCUT2D eigenvalue weighted by atomic mass is 79.9. The van der Waals surface area contributed by atoms with Crippen molar-refractivity contribution in [2.24, 2.45) is 0 Å². The van der Waals surface area contributed by atoms with Crippen LogP contribution in [0.25, 0.3) is 11.3 Å². The first-order chi connectivity index (χ1) is 12.6. The van der Waals surface area contributed by atoms with Crippen LogP contribution in [0.2, 0.25) is 0 Å². The predicted octanol–water partition coefficient (Wildman–Crippen LogP) is 5.17. The lowest BCUT2D eigenvalue weighted by atomic mass is 10.0. The molecule has 0 amide bonds. The minimum Gasteiger partial charge on any atom is -0.496 e. The van der Waals surface area contributed by atoms with Gasteiger partial charge in [-0.3, -0.25) is 0 Å². The number of pyridine rings is 1. The molecule has 5 nitrogen and oxygen atoms in total. The summed E-state index contributed by atoms with van der Waals surface area (Å²) in [6.07, 6.45) is -4.77. The van der Waals surface area contributed by atoms with Crippen LogP contribution in [-0.2, 0) is 4.74 Å². The number of halogens is 4. The van der Waals surface area contributed by atoms with E-state index in [1.54, 1.807) is 7.11 Å². The highest BCUT2D eigenvalue weighted by Gasteiger charge is 2.31. The van der Waals surface area contributed by atoms with Crippen LogP contribution in [-0.4, -0.2) is 38.2 Å². The molecule has 148 valence electrons. The zero-order valence-corrected chi connectivity index (χ0v) is 16.9. The van der Waals surface area contributed by atoms with Crippen LogP contribution >= 0.6 is 15.9 Å². The molecule has 1 heterocycles. The number of hydrogen-bond donors (Lipinski definition) is 1. The third-order valence-electron chi connectivity index (χ3n) is 3.65. The smallest absolute Gasteiger partial charge is 0.496 e. The lowest BCUT2D eigenvalue weighted by Gasteiger charge is -2.18. The van der Waals surface area contributed by atoms with Gasteiger partial charge in [-0.25, -0.2) is 4.98 Å². The Labute approximate surface area is 164 Å². The van der Waals surface area contributed by atoms with E-state index in [4.69, 9.17) is 9.47 Å². The first-order valence-electron chi connectivity index (χ1n) is 8.01. The maximum Gasteiger partial charge on any atom is 0.573 e. The highest BCUT2D eigenvalue weighted by molar-refractivity contribution is 9.10.